The number of ether oxygens (including phenoxy) is 1. The van der Waals surface area contributed by atoms with Crippen molar-refractivity contribution in [3.63, 3.8) is 0 Å². The Labute approximate surface area is 132 Å². The monoisotopic (exact) mass is 305 g/mol. The van der Waals surface area contributed by atoms with Gasteiger partial charge in [0.25, 0.3) is 0 Å². The van der Waals surface area contributed by atoms with Crippen LogP contribution in [0, 0.1) is 0 Å². The van der Waals surface area contributed by atoms with Crippen LogP contribution in [-0.4, -0.2) is 34.9 Å². The fraction of sp³-hybridized carbons (Fsp3) is 0.625. The summed E-state index contributed by atoms with van der Waals surface area (Å²) in [6.07, 6.45) is 1.56. The maximum Gasteiger partial charge on any atom is 0.497 e. The Morgan fingerprint density at radius 2 is 1.73 bits per heavy atom. The van der Waals surface area contributed by atoms with E-state index in [9.17, 15) is 4.79 Å². The number of hydrogen-bond acceptors (Lipinski definition) is 5. The summed E-state index contributed by atoms with van der Waals surface area (Å²) in [6, 6.07) is 3.54. The Bertz CT molecular complexity index is 562. The van der Waals surface area contributed by atoms with Gasteiger partial charge in [-0.25, -0.2) is 9.78 Å². The van der Waals surface area contributed by atoms with Gasteiger partial charge < -0.3 is 14.0 Å². The fourth-order valence-electron chi connectivity index (χ4n) is 2.07. The van der Waals surface area contributed by atoms with E-state index in [-0.39, 0.29) is 5.69 Å². The second-order valence-corrected chi connectivity index (χ2v) is 7.53. The third kappa shape index (κ3) is 3.33. The lowest BCUT2D eigenvalue weighted by atomic mass is 9.78. The predicted octanol–water partition coefficient (Wildman–Crippen LogP) is 2.34. The molecule has 5 nitrogen and oxygen atoms in total. The van der Waals surface area contributed by atoms with E-state index in [1.165, 1.54) is 0 Å². The highest BCUT2D eigenvalue weighted by Crippen LogP contribution is 2.36. The number of rotatable bonds is 2. The molecule has 1 aliphatic heterocycles. The van der Waals surface area contributed by atoms with E-state index in [4.69, 9.17) is 14.0 Å². The molecule has 120 valence electrons. The molecule has 0 N–H and O–H groups in total. The summed E-state index contributed by atoms with van der Waals surface area (Å²) in [6.45, 7) is 13.3. The molecule has 22 heavy (non-hydrogen) atoms. The lowest BCUT2D eigenvalue weighted by molar-refractivity contribution is 0.00578. The molecule has 0 radical (unpaired) electrons. The standard InChI is InChI=1S/C16H24BNO4/c1-14(2,3)20-13(19)12-11(9-8-10-18-12)17-21-15(4,5)16(6,7)22-17/h8-10H,1-7H3. The van der Waals surface area contributed by atoms with Crippen molar-refractivity contribution in [3.05, 3.63) is 24.0 Å². The Hall–Kier alpha value is -1.40. The van der Waals surface area contributed by atoms with Crippen molar-refractivity contribution in [2.45, 2.75) is 65.3 Å². The molecule has 1 fully saturated rings. The molecule has 1 saturated heterocycles. The summed E-state index contributed by atoms with van der Waals surface area (Å²) in [5.41, 5.74) is -0.703. The van der Waals surface area contributed by atoms with Crippen LogP contribution in [0.5, 0.6) is 0 Å². The Balaban J connectivity index is 2.33. The van der Waals surface area contributed by atoms with Crippen molar-refractivity contribution in [1.82, 2.24) is 4.98 Å². The topological polar surface area (TPSA) is 57.7 Å². The number of esters is 1. The van der Waals surface area contributed by atoms with Gasteiger partial charge in [0.2, 0.25) is 0 Å². The Kier molecular flexibility index (Phi) is 4.13. The Morgan fingerprint density at radius 3 is 2.23 bits per heavy atom. The first-order valence-corrected chi connectivity index (χ1v) is 7.47. The molecule has 0 atom stereocenters. The average molecular weight is 305 g/mol. The quantitative estimate of drug-likeness (QED) is 0.620. The summed E-state index contributed by atoms with van der Waals surface area (Å²) in [4.78, 5) is 16.5. The van der Waals surface area contributed by atoms with E-state index in [2.05, 4.69) is 4.98 Å². The normalized spacial score (nSPS) is 20.0. The van der Waals surface area contributed by atoms with Gasteiger partial charge in [-0.15, -0.1) is 0 Å². The van der Waals surface area contributed by atoms with Crippen LogP contribution in [0.1, 0.15) is 59.0 Å². The van der Waals surface area contributed by atoms with Gasteiger partial charge in [-0.3, -0.25) is 0 Å². The van der Waals surface area contributed by atoms with Crippen molar-refractivity contribution in [2.75, 3.05) is 0 Å². The Morgan fingerprint density at radius 1 is 1.18 bits per heavy atom. The summed E-state index contributed by atoms with van der Waals surface area (Å²) >= 11 is 0. The van der Waals surface area contributed by atoms with E-state index >= 15 is 0 Å². The minimum absolute atomic E-state index is 0.232. The molecule has 0 aliphatic carbocycles. The maximum absolute atomic E-state index is 12.4. The third-order valence-electron chi connectivity index (χ3n) is 3.94. The highest BCUT2D eigenvalue weighted by atomic mass is 16.7. The number of carbonyl (C=O) groups excluding carboxylic acids is 1. The number of aromatic nitrogens is 1. The SMILES string of the molecule is CC(C)(C)OC(=O)c1ncccc1B1OC(C)(C)C(C)(C)O1. The van der Waals surface area contributed by atoms with Crippen molar-refractivity contribution in [3.8, 4) is 0 Å². The molecule has 1 aliphatic rings. The first kappa shape index (κ1) is 17.0. The number of nitrogens with zero attached hydrogens (tertiary/aromatic N) is 1. The molecule has 1 aromatic rings. The largest absolute Gasteiger partial charge is 0.497 e. The van der Waals surface area contributed by atoms with Crippen molar-refractivity contribution < 1.29 is 18.8 Å². The zero-order chi connectivity index (χ0) is 16.8. The second-order valence-electron chi connectivity index (χ2n) is 7.53. The molecule has 0 bridgehead atoms. The van der Waals surface area contributed by atoms with Crippen LogP contribution in [0.25, 0.3) is 0 Å². The zero-order valence-electron chi connectivity index (χ0n) is 14.4. The molecule has 0 spiro atoms. The van der Waals surface area contributed by atoms with Crippen LogP contribution in [0.2, 0.25) is 0 Å². The molecule has 1 aromatic heterocycles. The van der Waals surface area contributed by atoms with E-state index in [0.29, 0.717) is 5.46 Å². The zero-order valence-corrected chi connectivity index (χ0v) is 14.4. The average Bonchev–Trinajstić information content (AvgIpc) is 2.56. The van der Waals surface area contributed by atoms with Gasteiger partial charge >= 0.3 is 13.1 Å². The molecular weight excluding hydrogens is 281 g/mol. The van der Waals surface area contributed by atoms with Gasteiger partial charge in [0.05, 0.1) is 11.2 Å². The second kappa shape index (κ2) is 5.35. The molecule has 0 amide bonds. The van der Waals surface area contributed by atoms with E-state index in [1.54, 1.807) is 18.3 Å². The number of pyridine rings is 1. The molecule has 0 saturated carbocycles. The summed E-state index contributed by atoms with van der Waals surface area (Å²) in [5, 5.41) is 0. The van der Waals surface area contributed by atoms with Crippen LogP contribution in [0.15, 0.2) is 18.3 Å². The van der Waals surface area contributed by atoms with Gasteiger partial charge in [0.1, 0.15) is 11.3 Å². The van der Waals surface area contributed by atoms with Crippen molar-refractivity contribution in [1.29, 1.82) is 0 Å². The minimum Gasteiger partial charge on any atom is -0.455 e. The first-order valence-electron chi connectivity index (χ1n) is 7.47. The van der Waals surface area contributed by atoms with Gasteiger partial charge in [-0.05, 0) is 54.5 Å². The van der Waals surface area contributed by atoms with Crippen LogP contribution >= 0.6 is 0 Å². The molecule has 0 unspecified atom stereocenters. The van der Waals surface area contributed by atoms with Crippen LogP contribution in [0.3, 0.4) is 0 Å². The van der Waals surface area contributed by atoms with E-state index in [1.807, 2.05) is 48.5 Å². The smallest absolute Gasteiger partial charge is 0.455 e. The van der Waals surface area contributed by atoms with Gasteiger partial charge in [0, 0.05) is 11.7 Å². The fourth-order valence-corrected chi connectivity index (χ4v) is 2.07. The van der Waals surface area contributed by atoms with Gasteiger partial charge in [0.15, 0.2) is 0 Å². The van der Waals surface area contributed by atoms with E-state index < -0.39 is 29.9 Å². The molecule has 2 rings (SSSR count). The van der Waals surface area contributed by atoms with Crippen LogP contribution < -0.4 is 5.46 Å². The predicted molar refractivity (Wildman–Crippen MR) is 85.1 cm³/mol. The summed E-state index contributed by atoms with van der Waals surface area (Å²) in [7, 11) is -0.638. The van der Waals surface area contributed by atoms with Crippen LogP contribution in [0.4, 0.5) is 0 Å². The highest BCUT2D eigenvalue weighted by Gasteiger charge is 2.52. The van der Waals surface area contributed by atoms with Crippen molar-refractivity contribution in [2.24, 2.45) is 0 Å². The van der Waals surface area contributed by atoms with Gasteiger partial charge in [-0.1, -0.05) is 6.07 Å². The molecule has 2 heterocycles. The lowest BCUT2D eigenvalue weighted by Crippen LogP contribution is -2.41. The molecule has 0 aromatic carbocycles. The van der Waals surface area contributed by atoms with E-state index in [0.717, 1.165) is 0 Å². The first-order chi connectivity index (χ1) is 9.93. The van der Waals surface area contributed by atoms with Gasteiger partial charge in [-0.2, -0.15) is 0 Å². The third-order valence-corrected chi connectivity index (χ3v) is 3.94. The number of carbonyl (C=O) groups is 1. The molecule has 6 heteroatoms. The summed E-state index contributed by atoms with van der Waals surface area (Å²) < 4.78 is 17.4. The number of hydrogen-bond donors (Lipinski definition) is 0. The molecular formula is C16H24BNO4. The summed E-state index contributed by atoms with van der Waals surface area (Å²) in [5.74, 6) is -0.474. The lowest BCUT2D eigenvalue weighted by Gasteiger charge is -2.32. The highest BCUT2D eigenvalue weighted by molar-refractivity contribution is 6.63. The maximum atomic E-state index is 12.4. The van der Waals surface area contributed by atoms with Crippen LogP contribution in [-0.2, 0) is 14.0 Å². The minimum atomic E-state index is -0.638. The van der Waals surface area contributed by atoms with Crippen molar-refractivity contribution >= 4 is 18.6 Å².